The molecule has 3 N–H and O–H groups in total. The van der Waals surface area contributed by atoms with Crippen molar-refractivity contribution in [2.75, 3.05) is 0 Å². The van der Waals surface area contributed by atoms with Crippen molar-refractivity contribution in [2.24, 2.45) is 11.7 Å². The molecular weight excluding hydrogens is 324 g/mol. The minimum Gasteiger partial charge on any atom is -0.490 e. The van der Waals surface area contributed by atoms with Crippen molar-refractivity contribution in [3.63, 3.8) is 0 Å². The monoisotopic (exact) mass is 354 g/mol. The van der Waals surface area contributed by atoms with Gasteiger partial charge in [-0.1, -0.05) is 25.5 Å². The minimum atomic E-state index is 0. The average Bonchev–Trinajstić information content (AvgIpc) is 2.53. The highest BCUT2D eigenvalue weighted by Gasteiger charge is 2.25. The first-order valence-electron chi connectivity index (χ1n) is 8.79. The molecule has 1 aromatic rings. The van der Waals surface area contributed by atoms with Gasteiger partial charge in [-0.05, 0) is 51.2 Å². The van der Waals surface area contributed by atoms with Crippen LogP contribution in [0.25, 0.3) is 0 Å². The predicted molar refractivity (Wildman–Crippen MR) is 101 cm³/mol. The summed E-state index contributed by atoms with van der Waals surface area (Å²) in [6, 6.07) is 6.31. The van der Waals surface area contributed by atoms with Crippen molar-refractivity contribution in [1.82, 2.24) is 5.32 Å². The molecule has 0 aliphatic heterocycles. The van der Waals surface area contributed by atoms with E-state index in [1.165, 1.54) is 0 Å². The minimum absolute atomic E-state index is 0. The van der Waals surface area contributed by atoms with Crippen LogP contribution in [0.5, 0.6) is 5.75 Å². The van der Waals surface area contributed by atoms with Gasteiger partial charge in [0.25, 0.3) is 0 Å². The van der Waals surface area contributed by atoms with Crippen LogP contribution in [0.2, 0.25) is 0 Å². The van der Waals surface area contributed by atoms with E-state index in [1.807, 2.05) is 12.1 Å². The largest absolute Gasteiger partial charge is 0.490 e. The second-order valence-electron chi connectivity index (χ2n) is 6.79. The quantitative estimate of drug-likeness (QED) is 0.818. The van der Waals surface area contributed by atoms with E-state index in [-0.39, 0.29) is 36.4 Å². The van der Waals surface area contributed by atoms with Crippen LogP contribution in [0.4, 0.5) is 0 Å². The summed E-state index contributed by atoms with van der Waals surface area (Å²) in [6.07, 6.45) is 4.96. The van der Waals surface area contributed by atoms with Crippen molar-refractivity contribution < 1.29 is 9.53 Å². The van der Waals surface area contributed by atoms with Gasteiger partial charge in [0, 0.05) is 24.1 Å². The lowest BCUT2D eigenvalue weighted by atomic mass is 9.85. The molecule has 0 radical (unpaired) electrons. The smallest absolute Gasteiger partial charge is 0.223 e. The Hall–Kier alpha value is -1.26. The maximum Gasteiger partial charge on any atom is 0.223 e. The molecule has 1 amide bonds. The number of benzene rings is 1. The molecule has 1 saturated carbocycles. The van der Waals surface area contributed by atoms with Gasteiger partial charge >= 0.3 is 0 Å². The number of carbonyl (C=O) groups is 1. The maximum atomic E-state index is 12.4. The van der Waals surface area contributed by atoms with Crippen LogP contribution in [0, 0.1) is 12.8 Å². The Balaban J connectivity index is 0.00000288. The molecule has 2 rings (SSSR count). The SMILES string of the molecule is CCC(C)Oc1cc(C)ccc1CNC(=O)C1CCCC(N)C1.Cl. The summed E-state index contributed by atoms with van der Waals surface area (Å²) < 4.78 is 6.00. The number of carbonyl (C=O) groups excluding carboxylic acids is 1. The first-order valence-corrected chi connectivity index (χ1v) is 8.79. The molecule has 3 atom stereocenters. The summed E-state index contributed by atoms with van der Waals surface area (Å²) in [5, 5.41) is 3.07. The molecule has 0 heterocycles. The Kier molecular flexibility index (Phi) is 8.57. The molecule has 3 unspecified atom stereocenters. The zero-order valence-electron chi connectivity index (χ0n) is 15.0. The summed E-state index contributed by atoms with van der Waals surface area (Å²) in [4.78, 5) is 12.4. The number of ether oxygens (including phenoxy) is 1. The van der Waals surface area contributed by atoms with E-state index in [1.54, 1.807) is 0 Å². The number of nitrogens with two attached hydrogens (primary N) is 1. The van der Waals surface area contributed by atoms with E-state index in [9.17, 15) is 4.79 Å². The Morgan fingerprint density at radius 3 is 2.83 bits per heavy atom. The molecule has 24 heavy (non-hydrogen) atoms. The fourth-order valence-electron chi connectivity index (χ4n) is 3.01. The number of aryl methyl sites for hydroxylation is 1. The molecule has 4 nitrogen and oxygen atoms in total. The maximum absolute atomic E-state index is 12.4. The number of hydrogen-bond acceptors (Lipinski definition) is 3. The van der Waals surface area contributed by atoms with Crippen LogP contribution in [-0.4, -0.2) is 18.1 Å². The van der Waals surface area contributed by atoms with Crippen LogP contribution in [0.1, 0.15) is 57.1 Å². The second kappa shape index (κ2) is 9.90. The molecule has 5 heteroatoms. The van der Waals surface area contributed by atoms with Gasteiger partial charge in [-0.25, -0.2) is 0 Å². The van der Waals surface area contributed by atoms with Crippen LogP contribution in [-0.2, 0) is 11.3 Å². The third-order valence-corrected chi connectivity index (χ3v) is 4.66. The third kappa shape index (κ3) is 5.99. The van der Waals surface area contributed by atoms with Gasteiger partial charge in [0.05, 0.1) is 6.10 Å². The van der Waals surface area contributed by atoms with Crippen LogP contribution >= 0.6 is 12.4 Å². The summed E-state index contributed by atoms with van der Waals surface area (Å²) in [6.45, 7) is 6.73. The number of hydrogen-bond donors (Lipinski definition) is 2. The first-order chi connectivity index (χ1) is 11.0. The molecule has 136 valence electrons. The molecule has 0 bridgehead atoms. The second-order valence-corrected chi connectivity index (χ2v) is 6.79. The summed E-state index contributed by atoms with van der Waals surface area (Å²) >= 11 is 0. The number of amides is 1. The topological polar surface area (TPSA) is 64.3 Å². The Labute approximate surface area is 151 Å². The van der Waals surface area contributed by atoms with Crippen molar-refractivity contribution in [1.29, 1.82) is 0 Å². The molecular formula is C19H31ClN2O2. The molecule has 0 saturated heterocycles. The highest BCUT2D eigenvalue weighted by molar-refractivity contribution is 5.85. The zero-order valence-corrected chi connectivity index (χ0v) is 15.8. The van der Waals surface area contributed by atoms with Crippen LogP contribution < -0.4 is 15.8 Å². The summed E-state index contributed by atoms with van der Waals surface area (Å²) in [7, 11) is 0. The summed E-state index contributed by atoms with van der Waals surface area (Å²) in [5.41, 5.74) is 8.18. The van der Waals surface area contributed by atoms with Crippen LogP contribution in [0.15, 0.2) is 18.2 Å². The molecule has 1 aliphatic carbocycles. The van der Waals surface area contributed by atoms with Gasteiger partial charge in [-0.2, -0.15) is 0 Å². The number of rotatable bonds is 6. The fraction of sp³-hybridized carbons (Fsp3) is 0.632. The Morgan fingerprint density at radius 1 is 1.42 bits per heavy atom. The molecule has 1 aliphatic rings. The number of halogens is 1. The highest BCUT2D eigenvalue weighted by atomic mass is 35.5. The van der Waals surface area contributed by atoms with Crippen LogP contribution in [0.3, 0.4) is 0 Å². The van der Waals surface area contributed by atoms with E-state index in [2.05, 4.69) is 32.2 Å². The lowest BCUT2D eigenvalue weighted by Crippen LogP contribution is -2.37. The zero-order chi connectivity index (χ0) is 16.8. The normalized spacial score (nSPS) is 21.5. The predicted octanol–water partition coefficient (Wildman–Crippen LogP) is 3.73. The third-order valence-electron chi connectivity index (χ3n) is 4.66. The van der Waals surface area contributed by atoms with Crippen molar-refractivity contribution in [2.45, 2.75) is 71.6 Å². The van der Waals surface area contributed by atoms with E-state index < -0.39 is 0 Å². The molecule has 0 aromatic heterocycles. The average molecular weight is 355 g/mol. The Bertz CT molecular complexity index is 536. The van der Waals surface area contributed by atoms with E-state index in [4.69, 9.17) is 10.5 Å². The van der Waals surface area contributed by atoms with E-state index in [0.29, 0.717) is 6.54 Å². The van der Waals surface area contributed by atoms with Crippen molar-refractivity contribution in [3.8, 4) is 5.75 Å². The molecule has 1 fully saturated rings. The van der Waals surface area contributed by atoms with E-state index in [0.717, 1.165) is 49.0 Å². The van der Waals surface area contributed by atoms with E-state index >= 15 is 0 Å². The van der Waals surface area contributed by atoms with Gasteiger partial charge in [0.15, 0.2) is 0 Å². The molecule has 0 spiro atoms. The number of nitrogens with one attached hydrogen (secondary N) is 1. The van der Waals surface area contributed by atoms with Crippen molar-refractivity contribution in [3.05, 3.63) is 29.3 Å². The first kappa shape index (κ1) is 20.8. The standard InChI is InChI=1S/C19H30N2O2.ClH/c1-4-14(3)23-18-10-13(2)8-9-16(18)12-21-19(22)15-6-5-7-17(20)11-15;/h8-10,14-15,17H,4-7,11-12,20H2,1-3H3,(H,21,22);1H. The Morgan fingerprint density at radius 2 is 2.17 bits per heavy atom. The highest BCUT2D eigenvalue weighted by Crippen LogP contribution is 2.25. The lowest BCUT2D eigenvalue weighted by Gasteiger charge is -2.26. The van der Waals surface area contributed by atoms with Gasteiger partial charge < -0.3 is 15.8 Å². The lowest BCUT2D eigenvalue weighted by molar-refractivity contribution is -0.126. The van der Waals surface area contributed by atoms with Gasteiger partial charge in [-0.15, -0.1) is 12.4 Å². The van der Waals surface area contributed by atoms with Gasteiger partial charge in [-0.3, -0.25) is 4.79 Å². The fourth-order valence-corrected chi connectivity index (χ4v) is 3.01. The summed E-state index contributed by atoms with van der Waals surface area (Å²) in [5.74, 6) is 1.05. The van der Waals surface area contributed by atoms with Crippen molar-refractivity contribution >= 4 is 18.3 Å². The molecule has 1 aromatic carbocycles. The van der Waals surface area contributed by atoms with Gasteiger partial charge in [0.2, 0.25) is 5.91 Å². The van der Waals surface area contributed by atoms with Gasteiger partial charge in [0.1, 0.15) is 5.75 Å².